The summed E-state index contributed by atoms with van der Waals surface area (Å²) in [4.78, 5) is 25.8. The second-order valence-corrected chi connectivity index (χ2v) is 7.07. The van der Waals surface area contributed by atoms with Crippen LogP contribution in [0.15, 0.2) is 48.5 Å². The first-order valence-corrected chi connectivity index (χ1v) is 9.34. The van der Waals surface area contributed by atoms with E-state index in [4.69, 9.17) is 0 Å². The van der Waals surface area contributed by atoms with E-state index in [1.165, 1.54) is 17.3 Å². The molecule has 0 radical (unpaired) electrons. The van der Waals surface area contributed by atoms with Gasteiger partial charge in [-0.1, -0.05) is 42.0 Å². The fourth-order valence-corrected chi connectivity index (χ4v) is 3.06. The lowest BCUT2D eigenvalue weighted by Gasteiger charge is -2.18. The van der Waals surface area contributed by atoms with Crippen LogP contribution >= 0.6 is 11.8 Å². The Morgan fingerprint density at radius 1 is 1.00 bits per heavy atom. The highest BCUT2D eigenvalue weighted by molar-refractivity contribution is 8.00. The summed E-state index contributed by atoms with van der Waals surface area (Å²) < 4.78 is 0. The third kappa shape index (κ3) is 6.27. The first-order chi connectivity index (χ1) is 12.0. The molecule has 2 amide bonds. The molecule has 0 bridgehead atoms. The largest absolute Gasteiger partial charge is 0.341 e. The minimum Gasteiger partial charge on any atom is -0.341 e. The number of thioether (sulfide) groups is 1. The summed E-state index contributed by atoms with van der Waals surface area (Å²) in [6.07, 6.45) is 0. The van der Waals surface area contributed by atoms with Crippen LogP contribution in [0.5, 0.6) is 0 Å². The molecule has 0 atom stereocenters. The van der Waals surface area contributed by atoms with Crippen LogP contribution < -0.4 is 5.32 Å². The maximum absolute atomic E-state index is 12.2. The Balaban J connectivity index is 1.73. The molecule has 0 spiro atoms. The number of rotatable bonds is 7. The van der Waals surface area contributed by atoms with Gasteiger partial charge < -0.3 is 10.2 Å². The molecule has 25 heavy (non-hydrogen) atoms. The van der Waals surface area contributed by atoms with E-state index in [9.17, 15) is 9.59 Å². The molecule has 0 aliphatic carbocycles. The number of hydrogen-bond acceptors (Lipinski definition) is 3. The van der Waals surface area contributed by atoms with Gasteiger partial charge in [-0.25, -0.2) is 0 Å². The predicted octanol–water partition coefficient (Wildman–Crippen LogP) is 3.63. The maximum atomic E-state index is 12.2. The number of nitrogens with one attached hydrogen (secondary N) is 1. The first-order valence-electron chi connectivity index (χ1n) is 8.18. The predicted molar refractivity (Wildman–Crippen MR) is 105 cm³/mol. The lowest BCUT2D eigenvalue weighted by molar-refractivity contribution is -0.127. The Hall–Kier alpha value is -2.27. The van der Waals surface area contributed by atoms with Gasteiger partial charge in [0.15, 0.2) is 0 Å². The lowest BCUT2D eigenvalue weighted by Crippen LogP contribution is -2.28. The summed E-state index contributed by atoms with van der Waals surface area (Å²) in [7, 11) is 1.79. The number of benzene rings is 2. The van der Waals surface area contributed by atoms with E-state index in [-0.39, 0.29) is 17.6 Å². The second kappa shape index (κ2) is 9.28. The van der Waals surface area contributed by atoms with Gasteiger partial charge in [-0.15, -0.1) is 11.8 Å². The number of carbonyl (C=O) groups excluding carboxylic acids is 2. The molecule has 0 saturated heterocycles. The van der Waals surface area contributed by atoms with E-state index in [0.29, 0.717) is 12.3 Å². The van der Waals surface area contributed by atoms with E-state index in [2.05, 4.69) is 5.32 Å². The van der Waals surface area contributed by atoms with Crippen molar-refractivity contribution in [2.75, 3.05) is 23.9 Å². The van der Waals surface area contributed by atoms with Crippen LogP contribution in [-0.2, 0) is 16.1 Å². The van der Waals surface area contributed by atoms with Gasteiger partial charge >= 0.3 is 0 Å². The standard InChI is InChI=1S/C20H24N2O2S/c1-15-8-10-18(11-9-15)21-19(23)13-25-14-20(24)22(3)12-17-7-5-4-6-16(17)2/h4-11H,12-14H2,1-3H3,(H,21,23). The van der Waals surface area contributed by atoms with Crippen LogP contribution in [0.4, 0.5) is 5.69 Å². The van der Waals surface area contributed by atoms with Crippen molar-refractivity contribution in [3.8, 4) is 0 Å². The Bertz CT molecular complexity index is 729. The molecule has 4 nitrogen and oxygen atoms in total. The third-order valence-corrected chi connectivity index (χ3v) is 4.81. The van der Waals surface area contributed by atoms with Gasteiger partial charge in [-0.2, -0.15) is 0 Å². The SMILES string of the molecule is Cc1ccc(NC(=O)CSCC(=O)N(C)Cc2ccccc2C)cc1. The van der Waals surface area contributed by atoms with E-state index < -0.39 is 0 Å². The van der Waals surface area contributed by atoms with E-state index >= 15 is 0 Å². The smallest absolute Gasteiger partial charge is 0.234 e. The number of anilines is 1. The highest BCUT2D eigenvalue weighted by Crippen LogP contribution is 2.12. The van der Waals surface area contributed by atoms with Gasteiger partial charge in [-0.05, 0) is 37.1 Å². The Kier molecular flexibility index (Phi) is 7.07. The van der Waals surface area contributed by atoms with Crippen molar-refractivity contribution in [3.05, 3.63) is 65.2 Å². The first kappa shape index (κ1) is 19.1. The molecule has 1 N–H and O–H groups in total. The van der Waals surface area contributed by atoms with Crippen molar-refractivity contribution in [2.24, 2.45) is 0 Å². The molecular formula is C20H24N2O2S. The van der Waals surface area contributed by atoms with E-state index in [0.717, 1.165) is 16.8 Å². The molecule has 0 fully saturated rings. The Labute approximate surface area is 153 Å². The van der Waals surface area contributed by atoms with Gasteiger partial charge in [0.25, 0.3) is 0 Å². The summed E-state index contributed by atoms with van der Waals surface area (Å²) in [6, 6.07) is 15.7. The zero-order chi connectivity index (χ0) is 18.2. The van der Waals surface area contributed by atoms with Crippen molar-refractivity contribution in [1.29, 1.82) is 0 Å². The van der Waals surface area contributed by atoms with Gasteiger partial charge in [0.2, 0.25) is 11.8 Å². The second-order valence-electron chi connectivity index (χ2n) is 6.08. The number of nitrogens with zero attached hydrogens (tertiary/aromatic N) is 1. The zero-order valence-electron chi connectivity index (χ0n) is 14.9. The van der Waals surface area contributed by atoms with Gasteiger partial charge in [-0.3, -0.25) is 9.59 Å². The molecule has 0 saturated carbocycles. The minimum absolute atomic E-state index is 0.0244. The fourth-order valence-electron chi connectivity index (χ4n) is 2.31. The quantitative estimate of drug-likeness (QED) is 0.824. The normalized spacial score (nSPS) is 10.4. The van der Waals surface area contributed by atoms with Crippen molar-refractivity contribution in [2.45, 2.75) is 20.4 Å². The number of hydrogen-bond donors (Lipinski definition) is 1. The topological polar surface area (TPSA) is 49.4 Å². The average molecular weight is 356 g/mol. The fraction of sp³-hybridized carbons (Fsp3) is 0.300. The number of carbonyl (C=O) groups is 2. The highest BCUT2D eigenvalue weighted by Gasteiger charge is 2.11. The minimum atomic E-state index is -0.0943. The Morgan fingerprint density at radius 2 is 1.68 bits per heavy atom. The molecule has 2 aromatic rings. The van der Waals surface area contributed by atoms with Crippen LogP contribution in [0.1, 0.15) is 16.7 Å². The third-order valence-electron chi connectivity index (χ3n) is 3.89. The summed E-state index contributed by atoms with van der Waals surface area (Å²) in [5, 5.41) is 2.83. The van der Waals surface area contributed by atoms with E-state index in [1.807, 2.05) is 62.4 Å². The maximum Gasteiger partial charge on any atom is 0.234 e. The van der Waals surface area contributed by atoms with Crippen LogP contribution in [0.3, 0.4) is 0 Å². The number of amides is 2. The summed E-state index contributed by atoms with van der Waals surface area (Å²) in [5.41, 5.74) is 4.24. The van der Waals surface area contributed by atoms with Gasteiger partial charge in [0, 0.05) is 19.3 Å². The van der Waals surface area contributed by atoms with Crippen LogP contribution in [0.25, 0.3) is 0 Å². The molecule has 0 aliphatic rings. The summed E-state index contributed by atoms with van der Waals surface area (Å²) in [5.74, 6) is 0.487. The summed E-state index contributed by atoms with van der Waals surface area (Å²) >= 11 is 1.33. The molecule has 0 aliphatic heterocycles. The Morgan fingerprint density at radius 3 is 2.36 bits per heavy atom. The van der Waals surface area contributed by atoms with Crippen molar-refractivity contribution in [3.63, 3.8) is 0 Å². The number of aryl methyl sites for hydroxylation is 2. The van der Waals surface area contributed by atoms with Crippen LogP contribution in [0.2, 0.25) is 0 Å². The molecule has 0 heterocycles. The molecule has 2 rings (SSSR count). The van der Waals surface area contributed by atoms with Crippen molar-refractivity contribution in [1.82, 2.24) is 4.90 Å². The monoisotopic (exact) mass is 356 g/mol. The molecule has 132 valence electrons. The molecule has 0 unspecified atom stereocenters. The van der Waals surface area contributed by atoms with Gasteiger partial charge in [0.1, 0.15) is 0 Å². The van der Waals surface area contributed by atoms with Crippen LogP contribution in [-0.4, -0.2) is 35.3 Å². The molecule has 2 aromatic carbocycles. The van der Waals surface area contributed by atoms with Crippen LogP contribution in [0, 0.1) is 13.8 Å². The van der Waals surface area contributed by atoms with Gasteiger partial charge in [0.05, 0.1) is 11.5 Å². The average Bonchev–Trinajstić information content (AvgIpc) is 2.59. The molecular weight excluding hydrogens is 332 g/mol. The summed E-state index contributed by atoms with van der Waals surface area (Å²) in [6.45, 7) is 4.62. The van der Waals surface area contributed by atoms with Crippen molar-refractivity contribution >= 4 is 29.3 Å². The van der Waals surface area contributed by atoms with Crippen molar-refractivity contribution < 1.29 is 9.59 Å². The zero-order valence-corrected chi connectivity index (χ0v) is 15.7. The molecule has 0 aromatic heterocycles. The van der Waals surface area contributed by atoms with E-state index in [1.54, 1.807) is 11.9 Å². The lowest BCUT2D eigenvalue weighted by atomic mass is 10.1. The molecule has 5 heteroatoms. The highest BCUT2D eigenvalue weighted by atomic mass is 32.2.